The third-order valence-electron chi connectivity index (χ3n) is 4.31. The maximum atomic E-state index is 6.03. The molecule has 0 heterocycles. The Kier molecular flexibility index (Phi) is 7.11. The van der Waals surface area contributed by atoms with Gasteiger partial charge in [-0.1, -0.05) is 66.7 Å². The molecular formula is C25H26O2. The average molecular weight is 358 g/mol. The van der Waals surface area contributed by atoms with Crippen LogP contribution in [0.2, 0.25) is 0 Å². The zero-order chi connectivity index (χ0) is 18.7. The predicted octanol–water partition coefficient (Wildman–Crippen LogP) is 6.35. The van der Waals surface area contributed by atoms with Crippen LogP contribution in [0.15, 0.2) is 91.5 Å². The van der Waals surface area contributed by atoms with Crippen LogP contribution in [0.5, 0.6) is 11.5 Å². The monoisotopic (exact) mass is 358 g/mol. The van der Waals surface area contributed by atoms with Crippen molar-refractivity contribution in [1.29, 1.82) is 0 Å². The summed E-state index contributed by atoms with van der Waals surface area (Å²) >= 11 is 0. The molecule has 0 aromatic heterocycles. The van der Waals surface area contributed by atoms with Crippen molar-refractivity contribution in [2.24, 2.45) is 0 Å². The summed E-state index contributed by atoms with van der Waals surface area (Å²) in [6.45, 7) is 4.90. The first-order valence-corrected chi connectivity index (χ1v) is 9.42. The molecule has 0 saturated heterocycles. The highest BCUT2D eigenvalue weighted by Crippen LogP contribution is 2.26. The average Bonchev–Trinajstić information content (AvgIpc) is 2.72. The van der Waals surface area contributed by atoms with Crippen LogP contribution in [-0.2, 0) is 19.6 Å². The van der Waals surface area contributed by atoms with Crippen molar-refractivity contribution in [2.45, 2.75) is 32.5 Å². The summed E-state index contributed by atoms with van der Waals surface area (Å²) in [6.07, 6.45) is 5.03. The molecule has 0 unspecified atom stereocenters. The molecule has 0 aliphatic heterocycles. The minimum atomic E-state index is 0.551. The van der Waals surface area contributed by atoms with Crippen LogP contribution in [0.25, 0.3) is 0 Å². The van der Waals surface area contributed by atoms with Gasteiger partial charge in [0.1, 0.15) is 24.7 Å². The number of hydrogen-bond donors (Lipinski definition) is 0. The topological polar surface area (TPSA) is 18.5 Å². The zero-order valence-electron chi connectivity index (χ0n) is 15.6. The molecule has 0 saturated carbocycles. The highest BCUT2D eigenvalue weighted by molar-refractivity contribution is 5.39. The molecule has 2 heteroatoms. The Morgan fingerprint density at radius 1 is 0.667 bits per heavy atom. The first kappa shape index (κ1) is 18.8. The number of benzene rings is 3. The lowest BCUT2D eigenvalue weighted by Crippen LogP contribution is -1.99. The minimum absolute atomic E-state index is 0.551. The van der Waals surface area contributed by atoms with Crippen molar-refractivity contribution in [2.75, 3.05) is 0 Å². The SMILES string of the molecule is C=CCCCc1cc(OCc2ccccc2)cc(OCc2ccccc2)c1. The van der Waals surface area contributed by atoms with E-state index in [1.54, 1.807) is 0 Å². The van der Waals surface area contributed by atoms with E-state index in [4.69, 9.17) is 9.47 Å². The summed E-state index contributed by atoms with van der Waals surface area (Å²) in [5.74, 6) is 1.69. The molecule has 0 aliphatic carbocycles. The van der Waals surface area contributed by atoms with Crippen molar-refractivity contribution >= 4 is 0 Å². The van der Waals surface area contributed by atoms with Gasteiger partial charge in [0.15, 0.2) is 0 Å². The van der Waals surface area contributed by atoms with E-state index in [-0.39, 0.29) is 0 Å². The van der Waals surface area contributed by atoms with E-state index in [0.29, 0.717) is 13.2 Å². The van der Waals surface area contributed by atoms with Gasteiger partial charge in [0.2, 0.25) is 0 Å². The van der Waals surface area contributed by atoms with Crippen LogP contribution in [0.4, 0.5) is 0 Å². The van der Waals surface area contributed by atoms with Gasteiger partial charge in [-0.3, -0.25) is 0 Å². The quantitative estimate of drug-likeness (QED) is 0.310. The predicted molar refractivity (Wildman–Crippen MR) is 111 cm³/mol. The molecule has 0 aliphatic rings. The lowest BCUT2D eigenvalue weighted by Gasteiger charge is -2.13. The molecule has 0 fully saturated rings. The lowest BCUT2D eigenvalue weighted by molar-refractivity contribution is 0.289. The largest absolute Gasteiger partial charge is 0.489 e. The molecule has 0 N–H and O–H groups in total. The van der Waals surface area contributed by atoms with Gasteiger partial charge in [0.05, 0.1) is 0 Å². The Labute approximate surface area is 162 Å². The Bertz CT molecular complexity index is 764. The third kappa shape index (κ3) is 6.34. The van der Waals surface area contributed by atoms with Crippen molar-refractivity contribution in [1.82, 2.24) is 0 Å². The van der Waals surface area contributed by atoms with E-state index in [0.717, 1.165) is 41.9 Å². The molecule has 3 aromatic carbocycles. The van der Waals surface area contributed by atoms with Crippen molar-refractivity contribution in [3.05, 3.63) is 108 Å². The Balaban J connectivity index is 1.70. The summed E-state index contributed by atoms with van der Waals surface area (Å²) in [4.78, 5) is 0. The number of aryl methyl sites for hydroxylation is 1. The molecule has 2 nitrogen and oxygen atoms in total. The van der Waals surface area contributed by atoms with E-state index in [2.05, 4.69) is 43.0 Å². The molecule has 3 rings (SSSR count). The van der Waals surface area contributed by atoms with Gasteiger partial charge in [-0.25, -0.2) is 0 Å². The van der Waals surface area contributed by atoms with Gasteiger partial charge in [-0.05, 0) is 48.1 Å². The fourth-order valence-corrected chi connectivity index (χ4v) is 2.87. The second-order valence-corrected chi connectivity index (χ2v) is 6.54. The molecule has 0 spiro atoms. The van der Waals surface area contributed by atoms with Crippen LogP contribution in [0, 0.1) is 0 Å². The minimum Gasteiger partial charge on any atom is -0.489 e. The standard InChI is InChI=1S/C25H26O2/c1-2-3-6-15-23-16-24(26-19-21-11-7-4-8-12-21)18-25(17-23)27-20-22-13-9-5-10-14-22/h2,4-5,7-14,16-18H,1,3,6,15,19-20H2. The number of ether oxygens (including phenoxy) is 2. The fraction of sp³-hybridized carbons (Fsp3) is 0.200. The Hall–Kier alpha value is -3.00. The molecule has 0 amide bonds. The van der Waals surface area contributed by atoms with Gasteiger partial charge < -0.3 is 9.47 Å². The summed E-state index contributed by atoms with van der Waals surface area (Å²) in [5.41, 5.74) is 3.54. The molecule has 138 valence electrons. The van der Waals surface area contributed by atoms with E-state index in [9.17, 15) is 0 Å². The maximum absolute atomic E-state index is 6.03. The van der Waals surface area contributed by atoms with E-state index in [1.165, 1.54) is 5.56 Å². The fourth-order valence-electron chi connectivity index (χ4n) is 2.87. The second kappa shape index (κ2) is 10.2. The summed E-state index contributed by atoms with van der Waals surface area (Å²) < 4.78 is 12.1. The van der Waals surface area contributed by atoms with Crippen molar-refractivity contribution in [3.63, 3.8) is 0 Å². The molecule has 3 aromatic rings. The molecule has 0 radical (unpaired) electrons. The summed E-state index contributed by atoms with van der Waals surface area (Å²) in [6, 6.07) is 26.6. The van der Waals surface area contributed by atoms with E-state index >= 15 is 0 Å². The van der Waals surface area contributed by atoms with Crippen LogP contribution in [0.3, 0.4) is 0 Å². The van der Waals surface area contributed by atoms with Crippen LogP contribution >= 0.6 is 0 Å². The normalized spacial score (nSPS) is 10.4. The van der Waals surface area contributed by atoms with Crippen LogP contribution < -0.4 is 9.47 Å². The van der Waals surface area contributed by atoms with Crippen molar-refractivity contribution < 1.29 is 9.47 Å². The van der Waals surface area contributed by atoms with Crippen LogP contribution in [-0.4, -0.2) is 0 Å². The molecule has 0 bridgehead atoms. The maximum Gasteiger partial charge on any atom is 0.123 e. The second-order valence-electron chi connectivity index (χ2n) is 6.54. The number of hydrogen-bond acceptors (Lipinski definition) is 2. The summed E-state index contributed by atoms with van der Waals surface area (Å²) in [5, 5.41) is 0. The highest BCUT2D eigenvalue weighted by Gasteiger charge is 2.05. The van der Waals surface area contributed by atoms with Gasteiger partial charge in [-0.15, -0.1) is 6.58 Å². The molecule has 0 atom stereocenters. The smallest absolute Gasteiger partial charge is 0.123 e. The van der Waals surface area contributed by atoms with E-state index in [1.807, 2.05) is 48.5 Å². The third-order valence-corrected chi connectivity index (χ3v) is 4.31. The molecular weight excluding hydrogens is 332 g/mol. The van der Waals surface area contributed by atoms with Crippen LogP contribution in [0.1, 0.15) is 29.5 Å². The lowest BCUT2D eigenvalue weighted by atomic mass is 10.1. The van der Waals surface area contributed by atoms with Gasteiger partial charge in [-0.2, -0.15) is 0 Å². The van der Waals surface area contributed by atoms with E-state index < -0.39 is 0 Å². The highest BCUT2D eigenvalue weighted by atomic mass is 16.5. The Morgan fingerprint density at radius 3 is 1.67 bits per heavy atom. The number of rotatable bonds is 10. The van der Waals surface area contributed by atoms with Gasteiger partial charge >= 0.3 is 0 Å². The first-order chi connectivity index (χ1) is 13.3. The van der Waals surface area contributed by atoms with Crippen molar-refractivity contribution in [3.8, 4) is 11.5 Å². The first-order valence-electron chi connectivity index (χ1n) is 9.42. The molecule has 27 heavy (non-hydrogen) atoms. The van der Waals surface area contributed by atoms with Gasteiger partial charge in [0, 0.05) is 6.07 Å². The zero-order valence-corrected chi connectivity index (χ0v) is 15.6. The van der Waals surface area contributed by atoms with Gasteiger partial charge in [0.25, 0.3) is 0 Å². The summed E-state index contributed by atoms with van der Waals surface area (Å²) in [7, 11) is 0. The Morgan fingerprint density at radius 2 is 1.19 bits per heavy atom. The number of unbranched alkanes of at least 4 members (excludes halogenated alkanes) is 1. The number of allylic oxidation sites excluding steroid dienone is 1.